The van der Waals surface area contributed by atoms with Crippen LogP contribution in [0.2, 0.25) is 0 Å². The lowest BCUT2D eigenvalue weighted by atomic mass is 10.2. The summed E-state index contributed by atoms with van der Waals surface area (Å²) in [4.78, 5) is 0. The number of rotatable bonds is 4. The van der Waals surface area contributed by atoms with E-state index >= 15 is 0 Å². The van der Waals surface area contributed by atoms with Crippen molar-refractivity contribution >= 4 is 12.2 Å². The van der Waals surface area contributed by atoms with E-state index in [4.69, 9.17) is 21.7 Å². The highest BCUT2D eigenvalue weighted by molar-refractivity contribution is 7.71. The van der Waals surface area contributed by atoms with E-state index in [0.29, 0.717) is 4.77 Å². The Morgan fingerprint density at radius 3 is 2.41 bits per heavy atom. The van der Waals surface area contributed by atoms with Gasteiger partial charge in [0.1, 0.15) is 11.5 Å². The molecule has 2 aromatic carbocycles. The normalized spacial score (nSPS) is 10.5. The molecule has 0 bridgehead atoms. The van der Waals surface area contributed by atoms with Crippen molar-refractivity contribution in [2.45, 2.75) is 0 Å². The van der Waals surface area contributed by atoms with Gasteiger partial charge < -0.3 is 9.47 Å². The van der Waals surface area contributed by atoms with Crippen LogP contribution < -0.4 is 9.47 Å². The second-order valence-corrected chi connectivity index (χ2v) is 5.00. The average molecular weight is 313 g/mol. The summed E-state index contributed by atoms with van der Waals surface area (Å²) in [5.74, 6) is 2.29. The second-order valence-electron chi connectivity index (χ2n) is 4.62. The quantitative estimate of drug-likeness (QED) is 0.748. The minimum absolute atomic E-state index is 0.531. The molecule has 3 aromatic rings. The molecular weight excluding hydrogens is 298 g/mol. The van der Waals surface area contributed by atoms with E-state index in [0.717, 1.165) is 28.6 Å². The minimum Gasteiger partial charge on any atom is -0.497 e. The van der Waals surface area contributed by atoms with Gasteiger partial charge in [-0.15, -0.1) is 0 Å². The molecule has 1 aromatic heterocycles. The van der Waals surface area contributed by atoms with E-state index in [2.05, 4.69) is 10.2 Å². The molecule has 0 saturated heterocycles. The summed E-state index contributed by atoms with van der Waals surface area (Å²) >= 11 is 5.36. The van der Waals surface area contributed by atoms with Crippen LogP contribution in [0.4, 0.5) is 0 Å². The Bertz CT molecular complexity index is 837. The van der Waals surface area contributed by atoms with Gasteiger partial charge in [-0.05, 0) is 48.6 Å². The highest BCUT2D eigenvalue weighted by Gasteiger charge is 2.11. The molecule has 0 spiro atoms. The van der Waals surface area contributed by atoms with Crippen LogP contribution in [-0.2, 0) is 0 Å². The number of ether oxygens (including phenoxy) is 2. The van der Waals surface area contributed by atoms with Gasteiger partial charge in [0, 0.05) is 5.56 Å². The van der Waals surface area contributed by atoms with Crippen molar-refractivity contribution in [3.63, 3.8) is 0 Å². The van der Waals surface area contributed by atoms with Crippen LogP contribution in [0.3, 0.4) is 0 Å². The molecule has 0 unspecified atom stereocenters. The Morgan fingerprint density at radius 2 is 1.73 bits per heavy atom. The number of hydrogen-bond donors (Lipinski definition) is 1. The van der Waals surface area contributed by atoms with Crippen molar-refractivity contribution in [1.82, 2.24) is 14.8 Å². The maximum absolute atomic E-state index is 5.36. The van der Waals surface area contributed by atoms with E-state index in [1.807, 2.05) is 53.1 Å². The number of aromatic nitrogens is 3. The van der Waals surface area contributed by atoms with E-state index < -0.39 is 0 Å². The summed E-state index contributed by atoms with van der Waals surface area (Å²) in [7, 11) is 3.28. The van der Waals surface area contributed by atoms with Crippen molar-refractivity contribution in [1.29, 1.82) is 0 Å². The SMILES string of the molecule is COc1ccc(-n2c(-c3cccc(OC)c3)n[nH]c2=S)cc1. The third kappa shape index (κ3) is 2.60. The first-order chi connectivity index (χ1) is 10.7. The second kappa shape index (κ2) is 6.03. The topological polar surface area (TPSA) is 52.1 Å². The average Bonchev–Trinajstić information content (AvgIpc) is 2.96. The summed E-state index contributed by atoms with van der Waals surface area (Å²) in [6, 6.07) is 15.4. The largest absolute Gasteiger partial charge is 0.497 e. The molecule has 0 fully saturated rings. The lowest BCUT2D eigenvalue weighted by molar-refractivity contribution is 0.414. The summed E-state index contributed by atoms with van der Waals surface area (Å²) in [5, 5.41) is 7.18. The Labute approximate surface area is 133 Å². The van der Waals surface area contributed by atoms with Crippen molar-refractivity contribution in [3.8, 4) is 28.6 Å². The van der Waals surface area contributed by atoms with E-state index in [1.165, 1.54) is 0 Å². The Hall–Kier alpha value is -2.60. The Balaban J connectivity index is 2.12. The molecule has 112 valence electrons. The monoisotopic (exact) mass is 313 g/mol. The summed E-state index contributed by atoms with van der Waals surface area (Å²) in [6.45, 7) is 0. The molecule has 0 radical (unpaired) electrons. The standard InChI is InChI=1S/C16H15N3O2S/c1-20-13-8-6-12(7-9-13)19-15(17-18-16(19)22)11-4-3-5-14(10-11)21-2/h3-10H,1-2H3,(H,18,22). The minimum atomic E-state index is 0.531. The summed E-state index contributed by atoms with van der Waals surface area (Å²) < 4.78 is 12.9. The van der Waals surface area contributed by atoms with Gasteiger partial charge in [0.25, 0.3) is 0 Å². The van der Waals surface area contributed by atoms with Crippen molar-refractivity contribution in [2.75, 3.05) is 14.2 Å². The first kappa shape index (κ1) is 14.3. The predicted octanol–water partition coefficient (Wildman–Crippen LogP) is 3.61. The molecule has 3 rings (SSSR count). The number of nitrogens with one attached hydrogen (secondary N) is 1. The Kier molecular flexibility index (Phi) is 3.93. The van der Waals surface area contributed by atoms with E-state index in [9.17, 15) is 0 Å². The fraction of sp³-hybridized carbons (Fsp3) is 0.125. The number of aromatic amines is 1. The van der Waals surface area contributed by atoms with Gasteiger partial charge in [0.2, 0.25) is 0 Å². The molecule has 0 saturated carbocycles. The van der Waals surface area contributed by atoms with Gasteiger partial charge >= 0.3 is 0 Å². The van der Waals surface area contributed by atoms with Gasteiger partial charge in [-0.1, -0.05) is 12.1 Å². The fourth-order valence-corrected chi connectivity index (χ4v) is 2.46. The molecule has 0 aliphatic rings. The van der Waals surface area contributed by atoms with Gasteiger partial charge in [0.15, 0.2) is 10.6 Å². The highest BCUT2D eigenvalue weighted by atomic mass is 32.1. The zero-order chi connectivity index (χ0) is 15.5. The highest BCUT2D eigenvalue weighted by Crippen LogP contribution is 2.25. The number of hydrogen-bond acceptors (Lipinski definition) is 4. The lowest BCUT2D eigenvalue weighted by Crippen LogP contribution is -1.98. The first-order valence-corrected chi connectivity index (χ1v) is 7.10. The van der Waals surface area contributed by atoms with E-state index in [1.54, 1.807) is 14.2 Å². The van der Waals surface area contributed by atoms with Crippen LogP contribution >= 0.6 is 12.2 Å². The molecule has 22 heavy (non-hydrogen) atoms. The van der Waals surface area contributed by atoms with Gasteiger partial charge in [0.05, 0.1) is 19.9 Å². The van der Waals surface area contributed by atoms with Crippen LogP contribution in [0.1, 0.15) is 0 Å². The van der Waals surface area contributed by atoms with Crippen LogP contribution in [0, 0.1) is 4.77 Å². The molecule has 0 amide bonds. The van der Waals surface area contributed by atoms with Crippen LogP contribution in [-0.4, -0.2) is 29.0 Å². The van der Waals surface area contributed by atoms with Gasteiger partial charge in [-0.3, -0.25) is 9.67 Å². The van der Waals surface area contributed by atoms with Crippen LogP contribution in [0.5, 0.6) is 11.5 Å². The molecule has 0 atom stereocenters. The van der Waals surface area contributed by atoms with E-state index in [-0.39, 0.29) is 0 Å². The molecule has 5 nitrogen and oxygen atoms in total. The van der Waals surface area contributed by atoms with Crippen LogP contribution in [0.25, 0.3) is 17.1 Å². The predicted molar refractivity (Wildman–Crippen MR) is 87.3 cm³/mol. The van der Waals surface area contributed by atoms with Crippen molar-refractivity contribution in [3.05, 3.63) is 53.3 Å². The molecule has 0 aliphatic carbocycles. The summed E-state index contributed by atoms with van der Waals surface area (Å²) in [5.41, 5.74) is 1.83. The lowest BCUT2D eigenvalue weighted by Gasteiger charge is -2.09. The number of methoxy groups -OCH3 is 2. The molecule has 0 aliphatic heterocycles. The third-order valence-electron chi connectivity index (χ3n) is 3.33. The number of H-pyrrole nitrogens is 1. The number of benzene rings is 2. The third-order valence-corrected chi connectivity index (χ3v) is 3.60. The van der Waals surface area contributed by atoms with Gasteiger partial charge in [-0.25, -0.2) is 0 Å². The first-order valence-electron chi connectivity index (χ1n) is 6.69. The summed E-state index contributed by atoms with van der Waals surface area (Å²) in [6.07, 6.45) is 0. The fourth-order valence-electron chi connectivity index (χ4n) is 2.22. The zero-order valence-corrected chi connectivity index (χ0v) is 13.1. The van der Waals surface area contributed by atoms with Gasteiger partial charge in [-0.2, -0.15) is 5.10 Å². The molecule has 1 N–H and O–H groups in total. The molecule has 6 heteroatoms. The maximum Gasteiger partial charge on any atom is 0.200 e. The van der Waals surface area contributed by atoms with Crippen LogP contribution in [0.15, 0.2) is 48.5 Å². The van der Waals surface area contributed by atoms with Crippen molar-refractivity contribution < 1.29 is 9.47 Å². The smallest absolute Gasteiger partial charge is 0.200 e. The van der Waals surface area contributed by atoms with Crippen molar-refractivity contribution in [2.24, 2.45) is 0 Å². The molecular formula is C16H15N3O2S. The maximum atomic E-state index is 5.36. The molecule has 1 heterocycles. The zero-order valence-electron chi connectivity index (χ0n) is 12.2. The number of nitrogens with zero attached hydrogens (tertiary/aromatic N) is 2. The Morgan fingerprint density at radius 1 is 1.00 bits per heavy atom.